The van der Waals surface area contributed by atoms with Crippen molar-refractivity contribution in [1.29, 1.82) is 0 Å². The highest BCUT2D eigenvalue weighted by Gasteiger charge is 2.17. The van der Waals surface area contributed by atoms with Crippen molar-refractivity contribution in [2.75, 3.05) is 0 Å². The molecule has 1 aliphatic rings. The molecule has 0 spiro atoms. The van der Waals surface area contributed by atoms with Crippen LogP contribution in [0.5, 0.6) is 0 Å². The van der Waals surface area contributed by atoms with Crippen LogP contribution in [0.1, 0.15) is 84.0 Å². The predicted molar refractivity (Wildman–Crippen MR) is 69.6 cm³/mol. The molecule has 1 saturated carbocycles. The lowest BCUT2D eigenvalue weighted by Gasteiger charge is -2.07. The lowest BCUT2D eigenvalue weighted by Crippen LogP contribution is -2.04. The van der Waals surface area contributed by atoms with Gasteiger partial charge in [0.2, 0.25) is 0 Å². The Bertz CT molecular complexity index is 180. The van der Waals surface area contributed by atoms with Crippen molar-refractivity contribution in [2.24, 2.45) is 5.92 Å². The topological polar surface area (TPSA) is 17.1 Å². The van der Waals surface area contributed by atoms with Crippen LogP contribution in [0, 0.1) is 5.92 Å². The second kappa shape index (κ2) is 8.78. The quantitative estimate of drug-likeness (QED) is 0.510. The fourth-order valence-electron chi connectivity index (χ4n) is 2.74. The van der Waals surface area contributed by atoms with Crippen LogP contribution in [0.3, 0.4) is 0 Å². The molecular weight excluding hydrogens is 196 g/mol. The number of Topliss-reactive ketones (excluding diaryl/α,β-unsaturated/α-hetero) is 1. The number of carbonyl (C=O) groups excluding carboxylic acids is 1. The Balaban J connectivity index is 1.89. The average molecular weight is 224 g/mol. The van der Waals surface area contributed by atoms with E-state index in [1.807, 2.05) is 0 Å². The van der Waals surface area contributed by atoms with Gasteiger partial charge in [0.1, 0.15) is 5.78 Å². The Labute approximate surface area is 101 Å². The van der Waals surface area contributed by atoms with Gasteiger partial charge in [-0.15, -0.1) is 0 Å². The maximum absolute atomic E-state index is 11.7. The zero-order valence-corrected chi connectivity index (χ0v) is 11.0. The number of hydrogen-bond acceptors (Lipinski definition) is 1. The first-order valence-corrected chi connectivity index (χ1v) is 7.34. The van der Waals surface area contributed by atoms with Gasteiger partial charge in [-0.1, -0.05) is 64.7 Å². The highest BCUT2D eigenvalue weighted by Crippen LogP contribution is 2.28. The lowest BCUT2D eigenvalue weighted by atomic mass is 9.98. The van der Waals surface area contributed by atoms with Crippen LogP contribution in [0.2, 0.25) is 0 Å². The third-order valence-electron chi connectivity index (χ3n) is 3.80. The zero-order valence-electron chi connectivity index (χ0n) is 11.0. The molecule has 0 aliphatic heterocycles. The van der Waals surface area contributed by atoms with Crippen molar-refractivity contribution in [3.63, 3.8) is 0 Å². The van der Waals surface area contributed by atoms with E-state index in [1.165, 1.54) is 57.8 Å². The van der Waals surface area contributed by atoms with Gasteiger partial charge in [-0.25, -0.2) is 0 Å². The van der Waals surface area contributed by atoms with Gasteiger partial charge >= 0.3 is 0 Å². The maximum atomic E-state index is 11.7. The molecule has 1 nitrogen and oxygen atoms in total. The lowest BCUT2D eigenvalue weighted by molar-refractivity contribution is -0.120. The summed E-state index contributed by atoms with van der Waals surface area (Å²) in [7, 11) is 0. The van der Waals surface area contributed by atoms with Crippen molar-refractivity contribution in [2.45, 2.75) is 84.0 Å². The van der Waals surface area contributed by atoms with Gasteiger partial charge in [-0.2, -0.15) is 0 Å². The molecule has 1 aliphatic carbocycles. The van der Waals surface area contributed by atoms with Crippen LogP contribution in [0.15, 0.2) is 0 Å². The van der Waals surface area contributed by atoms with Gasteiger partial charge in [0.25, 0.3) is 0 Å². The first-order valence-electron chi connectivity index (χ1n) is 7.34. The summed E-state index contributed by atoms with van der Waals surface area (Å²) in [5.74, 6) is 1.27. The largest absolute Gasteiger partial charge is 0.300 e. The molecule has 0 aromatic carbocycles. The third kappa shape index (κ3) is 6.30. The molecule has 1 fully saturated rings. The summed E-state index contributed by atoms with van der Waals surface area (Å²) in [6.07, 6.45) is 14.8. The molecule has 16 heavy (non-hydrogen) atoms. The summed E-state index contributed by atoms with van der Waals surface area (Å²) in [4.78, 5) is 11.7. The SMILES string of the molecule is CCCCCCCCC(=O)CC1CCCC1. The van der Waals surface area contributed by atoms with E-state index < -0.39 is 0 Å². The highest BCUT2D eigenvalue weighted by atomic mass is 16.1. The Hall–Kier alpha value is -0.330. The van der Waals surface area contributed by atoms with Crippen LogP contribution in [-0.2, 0) is 4.79 Å². The molecule has 0 amide bonds. The molecule has 0 aromatic rings. The van der Waals surface area contributed by atoms with E-state index in [0.717, 1.165) is 25.2 Å². The van der Waals surface area contributed by atoms with E-state index in [-0.39, 0.29) is 0 Å². The van der Waals surface area contributed by atoms with Crippen LogP contribution < -0.4 is 0 Å². The first kappa shape index (κ1) is 13.7. The Morgan fingerprint density at radius 2 is 1.62 bits per heavy atom. The maximum Gasteiger partial charge on any atom is 0.133 e. The summed E-state index contributed by atoms with van der Waals surface area (Å²) in [5.41, 5.74) is 0. The van der Waals surface area contributed by atoms with Gasteiger partial charge in [0.05, 0.1) is 0 Å². The molecule has 0 N–H and O–H groups in total. The molecule has 0 unspecified atom stereocenters. The van der Waals surface area contributed by atoms with Crippen LogP contribution in [-0.4, -0.2) is 5.78 Å². The summed E-state index contributed by atoms with van der Waals surface area (Å²) < 4.78 is 0. The standard InChI is InChI=1S/C15H28O/c1-2-3-4-5-6-7-12-15(16)13-14-10-8-9-11-14/h14H,2-13H2,1H3. The number of rotatable bonds is 9. The van der Waals surface area contributed by atoms with Crippen molar-refractivity contribution in [3.05, 3.63) is 0 Å². The van der Waals surface area contributed by atoms with Gasteiger partial charge in [-0.05, 0) is 12.3 Å². The van der Waals surface area contributed by atoms with Crippen molar-refractivity contribution < 1.29 is 4.79 Å². The minimum Gasteiger partial charge on any atom is -0.300 e. The number of hydrogen-bond donors (Lipinski definition) is 0. The third-order valence-corrected chi connectivity index (χ3v) is 3.80. The fourth-order valence-corrected chi connectivity index (χ4v) is 2.74. The fraction of sp³-hybridized carbons (Fsp3) is 0.933. The monoisotopic (exact) mass is 224 g/mol. The number of unbranched alkanes of at least 4 members (excludes halogenated alkanes) is 5. The number of ketones is 1. The predicted octanol–water partition coefficient (Wildman–Crippen LogP) is 4.89. The summed E-state index contributed by atoms with van der Waals surface area (Å²) >= 11 is 0. The first-order chi connectivity index (χ1) is 7.83. The molecule has 1 heteroatoms. The Kier molecular flexibility index (Phi) is 7.54. The molecule has 0 radical (unpaired) electrons. The average Bonchev–Trinajstić information content (AvgIpc) is 2.76. The minimum atomic E-state index is 0.530. The van der Waals surface area contributed by atoms with Gasteiger partial charge in [0, 0.05) is 12.8 Å². The van der Waals surface area contributed by atoms with Crippen LogP contribution in [0.25, 0.3) is 0 Å². The molecular formula is C15H28O. The second-order valence-corrected chi connectivity index (χ2v) is 5.41. The minimum absolute atomic E-state index is 0.530. The summed E-state index contributed by atoms with van der Waals surface area (Å²) in [5, 5.41) is 0. The van der Waals surface area contributed by atoms with E-state index in [4.69, 9.17) is 0 Å². The number of carbonyl (C=O) groups is 1. The highest BCUT2D eigenvalue weighted by molar-refractivity contribution is 5.78. The second-order valence-electron chi connectivity index (χ2n) is 5.41. The summed E-state index contributed by atoms with van der Waals surface area (Å²) in [6, 6.07) is 0. The molecule has 1 rings (SSSR count). The molecule has 0 saturated heterocycles. The van der Waals surface area contributed by atoms with E-state index in [2.05, 4.69) is 6.92 Å². The normalized spacial score (nSPS) is 16.8. The van der Waals surface area contributed by atoms with E-state index >= 15 is 0 Å². The summed E-state index contributed by atoms with van der Waals surface area (Å²) in [6.45, 7) is 2.24. The van der Waals surface area contributed by atoms with Gasteiger partial charge in [0.15, 0.2) is 0 Å². The van der Waals surface area contributed by atoms with Crippen molar-refractivity contribution in [3.8, 4) is 0 Å². The Morgan fingerprint density at radius 1 is 1.00 bits per heavy atom. The smallest absolute Gasteiger partial charge is 0.133 e. The Morgan fingerprint density at radius 3 is 2.31 bits per heavy atom. The zero-order chi connectivity index (χ0) is 11.6. The van der Waals surface area contributed by atoms with Gasteiger partial charge in [-0.3, -0.25) is 4.79 Å². The molecule has 94 valence electrons. The van der Waals surface area contributed by atoms with E-state index in [9.17, 15) is 4.79 Å². The molecule has 0 heterocycles. The van der Waals surface area contributed by atoms with Crippen LogP contribution >= 0.6 is 0 Å². The van der Waals surface area contributed by atoms with Crippen molar-refractivity contribution >= 4 is 5.78 Å². The molecule has 0 atom stereocenters. The van der Waals surface area contributed by atoms with E-state index in [0.29, 0.717) is 5.78 Å². The van der Waals surface area contributed by atoms with Crippen LogP contribution in [0.4, 0.5) is 0 Å². The van der Waals surface area contributed by atoms with E-state index in [1.54, 1.807) is 0 Å². The molecule has 0 bridgehead atoms. The molecule has 0 aromatic heterocycles. The van der Waals surface area contributed by atoms with Gasteiger partial charge < -0.3 is 0 Å². The van der Waals surface area contributed by atoms with Crippen molar-refractivity contribution in [1.82, 2.24) is 0 Å².